The average Bonchev–Trinajstić information content (AvgIpc) is 3.27. The van der Waals surface area contributed by atoms with Crippen molar-refractivity contribution in [3.05, 3.63) is 17.5 Å². The molecule has 1 aliphatic rings. The van der Waals surface area contributed by atoms with Crippen LogP contribution in [0.15, 0.2) is 6.07 Å². The molecule has 0 bridgehead atoms. The summed E-state index contributed by atoms with van der Waals surface area (Å²) < 4.78 is 13.5. The van der Waals surface area contributed by atoms with E-state index in [4.69, 9.17) is 9.47 Å². The van der Waals surface area contributed by atoms with E-state index >= 15 is 0 Å². The van der Waals surface area contributed by atoms with Crippen molar-refractivity contribution in [2.45, 2.75) is 91.9 Å². The number of rotatable bonds is 9. The lowest BCUT2D eigenvalue weighted by Crippen LogP contribution is -2.34. The van der Waals surface area contributed by atoms with Crippen LogP contribution in [-0.4, -0.2) is 41.7 Å². The molecule has 1 fully saturated rings. The Kier molecular flexibility index (Phi) is 7.68. The maximum absolute atomic E-state index is 12.6. The molecule has 1 aliphatic heterocycles. The van der Waals surface area contributed by atoms with Gasteiger partial charge in [0.2, 0.25) is 0 Å². The highest BCUT2D eigenvalue weighted by atomic mass is 16.7. The molecule has 1 atom stereocenters. The Bertz CT molecular complexity index is 642. The molecule has 6 nitrogen and oxygen atoms in total. The van der Waals surface area contributed by atoms with Crippen LogP contribution in [0.3, 0.4) is 0 Å². The molecular weight excluding hydrogens is 354 g/mol. The second kappa shape index (κ2) is 9.40. The first kappa shape index (κ1) is 22.9. The lowest BCUT2D eigenvalue weighted by atomic mass is 9.80. The first-order chi connectivity index (χ1) is 13.1. The Balaban J connectivity index is 1.93. The van der Waals surface area contributed by atoms with E-state index in [0.717, 1.165) is 31.4 Å². The van der Waals surface area contributed by atoms with Crippen molar-refractivity contribution >= 4 is 5.91 Å². The zero-order valence-corrected chi connectivity index (χ0v) is 18.8. The molecular formula is C22H39N3O3. The number of carbonyl (C=O) groups is 1. The van der Waals surface area contributed by atoms with Crippen molar-refractivity contribution < 1.29 is 14.3 Å². The summed E-state index contributed by atoms with van der Waals surface area (Å²) in [5, 5.41) is 7.63. The van der Waals surface area contributed by atoms with Gasteiger partial charge in [-0.3, -0.25) is 9.48 Å². The summed E-state index contributed by atoms with van der Waals surface area (Å²) in [7, 11) is 0. The molecule has 0 spiro atoms. The Morgan fingerprint density at radius 1 is 1.25 bits per heavy atom. The van der Waals surface area contributed by atoms with Crippen LogP contribution in [0.25, 0.3) is 0 Å². The molecule has 0 unspecified atom stereocenters. The standard InChI is InChI=1S/C22H39N3O3/c1-8-10-22(7,20-27-13-14-28-20)11-9-12-23-19(26)17-15-18(16(2)3)25(24-17)21(4,5)6/h15-16,20H,8-14H2,1-7H3,(H,23,26)/t22-/m0/s1. The summed E-state index contributed by atoms with van der Waals surface area (Å²) in [4.78, 5) is 12.6. The van der Waals surface area contributed by atoms with Crippen molar-refractivity contribution in [1.82, 2.24) is 15.1 Å². The Morgan fingerprint density at radius 2 is 1.89 bits per heavy atom. The molecule has 0 aliphatic carbocycles. The van der Waals surface area contributed by atoms with Crippen LogP contribution in [0.2, 0.25) is 0 Å². The zero-order chi connectivity index (χ0) is 20.9. The molecule has 28 heavy (non-hydrogen) atoms. The average molecular weight is 394 g/mol. The smallest absolute Gasteiger partial charge is 0.271 e. The largest absolute Gasteiger partial charge is 0.351 e. The molecule has 2 heterocycles. The second-order valence-electron chi connectivity index (χ2n) is 9.53. The fourth-order valence-corrected chi connectivity index (χ4v) is 3.93. The van der Waals surface area contributed by atoms with E-state index in [1.54, 1.807) is 0 Å². The number of nitrogens with one attached hydrogen (secondary N) is 1. The number of hydrogen-bond donors (Lipinski definition) is 1. The van der Waals surface area contributed by atoms with E-state index in [1.807, 2.05) is 10.7 Å². The minimum atomic E-state index is -0.151. The van der Waals surface area contributed by atoms with Gasteiger partial charge >= 0.3 is 0 Å². The van der Waals surface area contributed by atoms with Crippen LogP contribution in [-0.2, 0) is 15.0 Å². The molecule has 1 aromatic heterocycles. The van der Waals surface area contributed by atoms with Crippen LogP contribution < -0.4 is 5.32 Å². The van der Waals surface area contributed by atoms with Crippen LogP contribution in [0, 0.1) is 5.41 Å². The number of ether oxygens (including phenoxy) is 2. The van der Waals surface area contributed by atoms with Gasteiger partial charge in [0.1, 0.15) is 5.69 Å². The number of aromatic nitrogens is 2. The van der Waals surface area contributed by atoms with E-state index in [-0.39, 0.29) is 23.2 Å². The maximum Gasteiger partial charge on any atom is 0.271 e. The molecule has 1 saturated heterocycles. The minimum absolute atomic E-state index is 0.00535. The fourth-order valence-electron chi connectivity index (χ4n) is 3.93. The third kappa shape index (κ3) is 5.57. The quantitative estimate of drug-likeness (QED) is 0.630. The van der Waals surface area contributed by atoms with E-state index in [1.165, 1.54) is 0 Å². The normalized spacial score (nSPS) is 17.9. The summed E-state index contributed by atoms with van der Waals surface area (Å²) in [6.07, 6.45) is 3.87. The predicted octanol–water partition coefficient (Wildman–Crippen LogP) is 4.45. The van der Waals surface area contributed by atoms with Crippen LogP contribution >= 0.6 is 0 Å². The molecule has 2 rings (SSSR count). The SMILES string of the molecule is CCC[C@@](C)(CCCNC(=O)c1cc(C(C)C)n(C(C)(C)C)n1)C1OCCO1. The first-order valence-electron chi connectivity index (χ1n) is 10.7. The molecule has 160 valence electrons. The van der Waals surface area contributed by atoms with Crippen molar-refractivity contribution in [1.29, 1.82) is 0 Å². The predicted molar refractivity (Wildman–Crippen MR) is 112 cm³/mol. The number of carbonyl (C=O) groups excluding carboxylic acids is 1. The summed E-state index contributed by atoms with van der Waals surface area (Å²) in [5.74, 6) is 0.213. The van der Waals surface area contributed by atoms with Gasteiger partial charge in [-0.2, -0.15) is 5.10 Å². The van der Waals surface area contributed by atoms with E-state index in [9.17, 15) is 4.79 Å². The zero-order valence-electron chi connectivity index (χ0n) is 18.8. The van der Waals surface area contributed by atoms with Gasteiger partial charge in [0.25, 0.3) is 5.91 Å². The van der Waals surface area contributed by atoms with E-state index in [2.05, 4.69) is 58.9 Å². The second-order valence-corrected chi connectivity index (χ2v) is 9.53. The highest BCUT2D eigenvalue weighted by Gasteiger charge is 2.37. The summed E-state index contributed by atoms with van der Waals surface area (Å²) in [5.41, 5.74) is 1.43. The Labute approximate surface area is 170 Å². The maximum atomic E-state index is 12.6. The van der Waals surface area contributed by atoms with Gasteiger partial charge in [0.15, 0.2) is 6.29 Å². The van der Waals surface area contributed by atoms with Crippen molar-refractivity contribution in [2.75, 3.05) is 19.8 Å². The van der Waals surface area contributed by atoms with Gasteiger partial charge in [0, 0.05) is 17.7 Å². The lowest BCUT2D eigenvalue weighted by molar-refractivity contribution is -0.133. The van der Waals surface area contributed by atoms with Crippen molar-refractivity contribution in [3.63, 3.8) is 0 Å². The molecule has 0 radical (unpaired) electrons. The summed E-state index contributed by atoms with van der Waals surface area (Å²) in [6, 6.07) is 1.92. The summed E-state index contributed by atoms with van der Waals surface area (Å²) >= 11 is 0. The van der Waals surface area contributed by atoms with E-state index < -0.39 is 0 Å². The van der Waals surface area contributed by atoms with Crippen molar-refractivity contribution in [3.8, 4) is 0 Å². The van der Waals surface area contributed by atoms with Gasteiger partial charge < -0.3 is 14.8 Å². The van der Waals surface area contributed by atoms with Crippen LogP contribution in [0.5, 0.6) is 0 Å². The van der Waals surface area contributed by atoms with Gasteiger partial charge in [-0.05, 0) is 52.0 Å². The summed E-state index contributed by atoms with van der Waals surface area (Å²) in [6.45, 7) is 17.0. The highest BCUT2D eigenvalue weighted by molar-refractivity contribution is 5.92. The Hall–Kier alpha value is -1.40. The molecule has 1 aromatic rings. The van der Waals surface area contributed by atoms with Crippen molar-refractivity contribution in [2.24, 2.45) is 5.41 Å². The fraction of sp³-hybridized carbons (Fsp3) is 0.818. The monoisotopic (exact) mass is 393 g/mol. The van der Waals surface area contributed by atoms with Gasteiger partial charge in [-0.1, -0.05) is 34.1 Å². The van der Waals surface area contributed by atoms with Gasteiger partial charge in [0.05, 0.1) is 18.8 Å². The molecule has 0 saturated carbocycles. The topological polar surface area (TPSA) is 65.4 Å². The highest BCUT2D eigenvalue weighted by Crippen LogP contribution is 2.37. The molecule has 6 heteroatoms. The lowest BCUT2D eigenvalue weighted by Gasteiger charge is -2.33. The molecule has 1 amide bonds. The number of nitrogens with zero attached hydrogens (tertiary/aromatic N) is 2. The van der Waals surface area contributed by atoms with Gasteiger partial charge in [-0.15, -0.1) is 0 Å². The first-order valence-corrected chi connectivity index (χ1v) is 10.7. The third-order valence-corrected chi connectivity index (χ3v) is 5.42. The van der Waals surface area contributed by atoms with Gasteiger partial charge in [-0.25, -0.2) is 0 Å². The minimum Gasteiger partial charge on any atom is -0.351 e. The number of amides is 1. The van der Waals surface area contributed by atoms with Crippen LogP contribution in [0.4, 0.5) is 0 Å². The Morgan fingerprint density at radius 3 is 2.39 bits per heavy atom. The van der Waals surface area contributed by atoms with Crippen LogP contribution in [0.1, 0.15) is 96.2 Å². The number of hydrogen-bond acceptors (Lipinski definition) is 4. The third-order valence-electron chi connectivity index (χ3n) is 5.42. The molecule has 1 N–H and O–H groups in total. The molecule has 0 aromatic carbocycles. The van der Waals surface area contributed by atoms with E-state index in [0.29, 0.717) is 31.4 Å².